The summed E-state index contributed by atoms with van der Waals surface area (Å²) < 4.78 is 5.12. The van der Waals surface area contributed by atoms with Gasteiger partial charge in [0.25, 0.3) is 0 Å². The monoisotopic (exact) mass is 263 g/mol. The van der Waals surface area contributed by atoms with Crippen LogP contribution in [0.5, 0.6) is 5.75 Å². The second kappa shape index (κ2) is 7.17. The quantitative estimate of drug-likeness (QED) is 0.801. The molecule has 1 aromatic carbocycles. The first-order chi connectivity index (χ1) is 8.93. The lowest BCUT2D eigenvalue weighted by molar-refractivity contribution is -0.128. The van der Waals surface area contributed by atoms with Gasteiger partial charge in [0.1, 0.15) is 5.75 Å². The molecule has 0 unspecified atom stereocenters. The predicted octanol–water partition coefficient (Wildman–Crippen LogP) is 3.18. The highest BCUT2D eigenvalue weighted by Gasteiger charge is 2.19. The molecule has 106 valence electrons. The van der Waals surface area contributed by atoms with Gasteiger partial charge in [-0.3, -0.25) is 4.79 Å². The number of aryl methyl sites for hydroxylation is 1. The van der Waals surface area contributed by atoms with Gasteiger partial charge in [0.15, 0.2) is 0 Å². The van der Waals surface area contributed by atoms with Crippen LogP contribution >= 0.6 is 0 Å². The largest absolute Gasteiger partial charge is 0.497 e. The summed E-state index contributed by atoms with van der Waals surface area (Å²) in [5, 5.41) is 2.97. The van der Waals surface area contributed by atoms with E-state index in [1.54, 1.807) is 7.11 Å². The number of amides is 1. The smallest absolute Gasteiger partial charge is 0.225 e. The van der Waals surface area contributed by atoms with Crippen molar-refractivity contribution in [3.8, 4) is 5.75 Å². The number of rotatable bonds is 6. The van der Waals surface area contributed by atoms with Gasteiger partial charge in [0, 0.05) is 12.0 Å². The fourth-order valence-electron chi connectivity index (χ4n) is 1.71. The van der Waals surface area contributed by atoms with Crippen molar-refractivity contribution in [2.75, 3.05) is 13.7 Å². The lowest BCUT2D eigenvalue weighted by Gasteiger charge is -2.17. The highest BCUT2D eigenvalue weighted by atomic mass is 16.5. The zero-order valence-electron chi connectivity index (χ0n) is 12.5. The minimum atomic E-state index is -0.296. The molecule has 1 N–H and O–H groups in total. The fraction of sp³-hybridized carbons (Fsp3) is 0.562. The van der Waals surface area contributed by atoms with E-state index in [2.05, 4.69) is 17.4 Å². The molecule has 0 aliphatic heterocycles. The Hall–Kier alpha value is -1.51. The van der Waals surface area contributed by atoms with Crippen molar-refractivity contribution in [3.05, 3.63) is 29.8 Å². The van der Waals surface area contributed by atoms with Gasteiger partial charge < -0.3 is 10.1 Å². The first kappa shape index (κ1) is 15.5. The molecule has 19 heavy (non-hydrogen) atoms. The van der Waals surface area contributed by atoms with Crippen molar-refractivity contribution < 1.29 is 9.53 Å². The maximum Gasteiger partial charge on any atom is 0.225 e. The van der Waals surface area contributed by atoms with Crippen LogP contribution in [0.2, 0.25) is 0 Å². The number of methoxy groups -OCH3 is 1. The molecule has 0 saturated carbocycles. The summed E-state index contributed by atoms with van der Waals surface area (Å²) in [6, 6.07) is 8.15. The van der Waals surface area contributed by atoms with Gasteiger partial charge in [0.2, 0.25) is 5.91 Å². The standard InChI is InChI=1S/C16H25NO2/c1-16(2,3)15(18)17-12-6-5-7-13-8-10-14(19-4)11-9-13/h8-11H,5-7,12H2,1-4H3,(H,17,18). The third kappa shape index (κ3) is 5.77. The van der Waals surface area contributed by atoms with Crippen molar-refractivity contribution in [1.29, 1.82) is 0 Å². The van der Waals surface area contributed by atoms with Gasteiger partial charge in [-0.05, 0) is 37.0 Å². The maximum absolute atomic E-state index is 11.6. The van der Waals surface area contributed by atoms with Gasteiger partial charge in [0.05, 0.1) is 7.11 Å². The van der Waals surface area contributed by atoms with E-state index in [4.69, 9.17) is 4.74 Å². The number of nitrogens with one attached hydrogen (secondary N) is 1. The van der Waals surface area contributed by atoms with E-state index in [-0.39, 0.29) is 11.3 Å². The molecule has 0 saturated heterocycles. The van der Waals surface area contributed by atoms with Crippen molar-refractivity contribution in [1.82, 2.24) is 5.32 Å². The summed E-state index contributed by atoms with van der Waals surface area (Å²) >= 11 is 0. The molecule has 3 nitrogen and oxygen atoms in total. The van der Waals surface area contributed by atoms with Gasteiger partial charge in [-0.1, -0.05) is 32.9 Å². The summed E-state index contributed by atoms with van der Waals surface area (Å²) in [5.74, 6) is 1.01. The molecule has 0 heterocycles. The molecule has 0 aliphatic carbocycles. The van der Waals surface area contributed by atoms with Crippen LogP contribution in [-0.2, 0) is 11.2 Å². The Labute approximate surface area is 116 Å². The van der Waals surface area contributed by atoms with Crippen molar-refractivity contribution in [3.63, 3.8) is 0 Å². The van der Waals surface area contributed by atoms with Crippen molar-refractivity contribution in [2.24, 2.45) is 5.41 Å². The fourth-order valence-corrected chi connectivity index (χ4v) is 1.71. The lowest BCUT2D eigenvalue weighted by atomic mass is 9.95. The van der Waals surface area contributed by atoms with Crippen LogP contribution < -0.4 is 10.1 Å². The van der Waals surface area contributed by atoms with E-state index in [9.17, 15) is 4.79 Å². The number of carbonyl (C=O) groups is 1. The van der Waals surface area contributed by atoms with Crippen LogP contribution in [0.25, 0.3) is 0 Å². The van der Waals surface area contributed by atoms with E-state index in [0.29, 0.717) is 0 Å². The Balaban J connectivity index is 2.18. The molecule has 0 radical (unpaired) electrons. The lowest BCUT2D eigenvalue weighted by Crippen LogP contribution is -2.35. The predicted molar refractivity (Wildman–Crippen MR) is 78.4 cm³/mol. The van der Waals surface area contributed by atoms with Gasteiger partial charge >= 0.3 is 0 Å². The van der Waals surface area contributed by atoms with Gasteiger partial charge in [-0.2, -0.15) is 0 Å². The molecule has 1 amide bonds. The van der Waals surface area contributed by atoms with Gasteiger partial charge in [-0.15, -0.1) is 0 Å². The average Bonchev–Trinajstić information content (AvgIpc) is 2.37. The topological polar surface area (TPSA) is 38.3 Å². The van der Waals surface area contributed by atoms with E-state index in [1.807, 2.05) is 32.9 Å². The van der Waals surface area contributed by atoms with Crippen LogP contribution in [0.4, 0.5) is 0 Å². The summed E-state index contributed by atoms with van der Waals surface area (Å²) in [7, 11) is 1.67. The minimum Gasteiger partial charge on any atom is -0.497 e. The molecule has 0 spiro atoms. The second-order valence-corrected chi connectivity index (χ2v) is 5.81. The number of ether oxygens (including phenoxy) is 1. The molecule has 0 bridgehead atoms. The minimum absolute atomic E-state index is 0.122. The molecule has 1 aromatic rings. The van der Waals surface area contributed by atoms with E-state index in [0.717, 1.165) is 31.6 Å². The average molecular weight is 263 g/mol. The highest BCUT2D eigenvalue weighted by Crippen LogP contribution is 2.14. The highest BCUT2D eigenvalue weighted by molar-refractivity contribution is 5.81. The molecule has 0 aliphatic rings. The van der Waals surface area contributed by atoms with Crippen LogP contribution in [0, 0.1) is 5.41 Å². The number of hydrogen-bond acceptors (Lipinski definition) is 2. The SMILES string of the molecule is COc1ccc(CCCCNC(=O)C(C)(C)C)cc1. The molecule has 0 aromatic heterocycles. The molecule has 1 rings (SSSR count). The van der Waals surface area contributed by atoms with Crippen LogP contribution in [0.1, 0.15) is 39.2 Å². The van der Waals surface area contributed by atoms with Crippen LogP contribution in [-0.4, -0.2) is 19.6 Å². The number of unbranched alkanes of at least 4 members (excludes halogenated alkanes) is 1. The zero-order valence-corrected chi connectivity index (χ0v) is 12.5. The summed E-state index contributed by atoms with van der Waals surface area (Å²) in [6.07, 6.45) is 3.12. The van der Waals surface area contributed by atoms with Crippen molar-refractivity contribution >= 4 is 5.91 Å². The van der Waals surface area contributed by atoms with Crippen LogP contribution in [0.15, 0.2) is 24.3 Å². The molecular weight excluding hydrogens is 238 g/mol. The molecule has 0 atom stereocenters. The summed E-state index contributed by atoms with van der Waals surface area (Å²) in [5.41, 5.74) is 1.01. The first-order valence-electron chi connectivity index (χ1n) is 6.84. The van der Waals surface area contributed by atoms with Crippen LogP contribution in [0.3, 0.4) is 0 Å². The molecule has 3 heteroatoms. The summed E-state index contributed by atoms with van der Waals surface area (Å²) in [4.78, 5) is 11.6. The Morgan fingerprint density at radius 3 is 2.32 bits per heavy atom. The molecule has 0 fully saturated rings. The van der Waals surface area contributed by atoms with E-state index >= 15 is 0 Å². The second-order valence-electron chi connectivity index (χ2n) is 5.81. The Kier molecular flexibility index (Phi) is 5.87. The number of carbonyl (C=O) groups excluding carboxylic acids is 1. The Morgan fingerprint density at radius 2 is 1.79 bits per heavy atom. The van der Waals surface area contributed by atoms with Crippen molar-refractivity contribution in [2.45, 2.75) is 40.0 Å². The summed E-state index contributed by atoms with van der Waals surface area (Å²) in [6.45, 7) is 6.55. The Bertz CT molecular complexity index is 390. The number of hydrogen-bond donors (Lipinski definition) is 1. The van der Waals surface area contributed by atoms with E-state index in [1.165, 1.54) is 5.56 Å². The first-order valence-corrected chi connectivity index (χ1v) is 6.84. The third-order valence-corrected chi connectivity index (χ3v) is 3.02. The normalized spacial score (nSPS) is 11.2. The third-order valence-electron chi connectivity index (χ3n) is 3.02. The van der Waals surface area contributed by atoms with Gasteiger partial charge in [-0.25, -0.2) is 0 Å². The maximum atomic E-state index is 11.6. The molecular formula is C16H25NO2. The Morgan fingerprint density at radius 1 is 1.16 bits per heavy atom. The number of benzene rings is 1. The zero-order chi connectivity index (χ0) is 14.3. The van der Waals surface area contributed by atoms with E-state index < -0.39 is 0 Å².